The molecule has 2 amide bonds. The zero-order valence-corrected chi connectivity index (χ0v) is 13.7. The summed E-state index contributed by atoms with van der Waals surface area (Å²) in [5.74, 6) is 0. The lowest BCUT2D eigenvalue weighted by atomic mass is 10.1. The maximum absolute atomic E-state index is 12.3. The molecule has 0 radical (unpaired) electrons. The standard InChI is InChI=1S/C16H24N2O4/c1-11(2)18(15(21)22-16(3,4)5)10-12-8-6-7-9-13(12)17-14(19)20/h6-9,11,17H,10H2,1-5H3,(H,19,20). The second-order valence-corrected chi connectivity index (χ2v) is 6.29. The molecule has 0 aliphatic rings. The van der Waals surface area contributed by atoms with Crippen molar-refractivity contribution in [3.05, 3.63) is 29.8 Å². The molecule has 0 unspecified atom stereocenters. The molecule has 0 bridgehead atoms. The van der Waals surface area contributed by atoms with Crippen molar-refractivity contribution < 1.29 is 19.4 Å². The molecule has 1 aromatic rings. The lowest BCUT2D eigenvalue weighted by Gasteiger charge is -2.30. The zero-order valence-electron chi connectivity index (χ0n) is 13.7. The Morgan fingerprint density at radius 2 is 1.86 bits per heavy atom. The van der Waals surface area contributed by atoms with E-state index in [1.54, 1.807) is 29.2 Å². The van der Waals surface area contributed by atoms with Gasteiger partial charge in [0.2, 0.25) is 0 Å². The molecule has 0 saturated carbocycles. The number of hydrogen-bond acceptors (Lipinski definition) is 3. The molecule has 0 heterocycles. The van der Waals surface area contributed by atoms with E-state index in [-0.39, 0.29) is 12.6 Å². The van der Waals surface area contributed by atoms with Crippen molar-refractivity contribution in [2.75, 3.05) is 5.32 Å². The first-order chi connectivity index (χ1) is 10.1. The fourth-order valence-corrected chi connectivity index (χ4v) is 1.86. The zero-order chi connectivity index (χ0) is 16.9. The first kappa shape index (κ1) is 17.8. The molecule has 0 aliphatic heterocycles. The number of benzene rings is 1. The highest BCUT2D eigenvalue weighted by Gasteiger charge is 2.25. The molecule has 2 N–H and O–H groups in total. The van der Waals surface area contributed by atoms with Crippen LogP contribution in [0, 0.1) is 0 Å². The van der Waals surface area contributed by atoms with Crippen molar-refractivity contribution in [3.63, 3.8) is 0 Å². The van der Waals surface area contributed by atoms with Crippen LogP contribution < -0.4 is 5.32 Å². The normalized spacial score (nSPS) is 11.2. The van der Waals surface area contributed by atoms with E-state index in [9.17, 15) is 9.59 Å². The Labute approximate surface area is 131 Å². The van der Waals surface area contributed by atoms with E-state index in [0.29, 0.717) is 11.3 Å². The van der Waals surface area contributed by atoms with Crippen LogP contribution in [-0.4, -0.2) is 33.8 Å². The van der Waals surface area contributed by atoms with Crippen molar-refractivity contribution in [2.45, 2.75) is 52.8 Å². The quantitative estimate of drug-likeness (QED) is 0.883. The second-order valence-electron chi connectivity index (χ2n) is 6.29. The topological polar surface area (TPSA) is 78.9 Å². The fourth-order valence-electron chi connectivity index (χ4n) is 1.86. The van der Waals surface area contributed by atoms with Gasteiger partial charge in [0.15, 0.2) is 0 Å². The molecule has 1 aromatic carbocycles. The first-order valence-electron chi connectivity index (χ1n) is 7.17. The van der Waals surface area contributed by atoms with Crippen LogP contribution in [0.2, 0.25) is 0 Å². The average molecular weight is 308 g/mol. The number of ether oxygens (including phenoxy) is 1. The van der Waals surface area contributed by atoms with Crippen molar-refractivity contribution in [1.29, 1.82) is 0 Å². The molecule has 0 atom stereocenters. The van der Waals surface area contributed by atoms with Crippen LogP contribution in [0.3, 0.4) is 0 Å². The van der Waals surface area contributed by atoms with E-state index in [1.165, 1.54) is 0 Å². The van der Waals surface area contributed by atoms with Gasteiger partial charge < -0.3 is 14.7 Å². The molecular formula is C16H24N2O4. The van der Waals surface area contributed by atoms with Crippen molar-refractivity contribution in [1.82, 2.24) is 4.90 Å². The number of anilines is 1. The third kappa shape index (κ3) is 5.63. The highest BCUT2D eigenvalue weighted by molar-refractivity contribution is 5.84. The molecule has 6 heteroatoms. The summed E-state index contributed by atoms with van der Waals surface area (Å²) in [7, 11) is 0. The summed E-state index contributed by atoms with van der Waals surface area (Å²) < 4.78 is 5.40. The van der Waals surface area contributed by atoms with Gasteiger partial charge in [-0.2, -0.15) is 0 Å². The van der Waals surface area contributed by atoms with Crippen LogP contribution in [0.5, 0.6) is 0 Å². The number of amides is 2. The Kier molecular flexibility index (Phi) is 5.79. The van der Waals surface area contributed by atoms with Gasteiger partial charge in [0.05, 0.1) is 6.54 Å². The minimum Gasteiger partial charge on any atom is -0.465 e. The highest BCUT2D eigenvalue weighted by atomic mass is 16.6. The Bertz CT molecular complexity index is 535. The predicted molar refractivity (Wildman–Crippen MR) is 85.0 cm³/mol. The maximum Gasteiger partial charge on any atom is 0.410 e. The summed E-state index contributed by atoms with van der Waals surface area (Å²) in [6.07, 6.45) is -1.56. The summed E-state index contributed by atoms with van der Waals surface area (Å²) >= 11 is 0. The smallest absolute Gasteiger partial charge is 0.410 e. The maximum atomic E-state index is 12.3. The minimum atomic E-state index is -1.14. The van der Waals surface area contributed by atoms with E-state index in [1.807, 2.05) is 34.6 Å². The molecular weight excluding hydrogens is 284 g/mol. The molecule has 0 aliphatic carbocycles. The van der Waals surface area contributed by atoms with E-state index in [0.717, 1.165) is 0 Å². The molecule has 122 valence electrons. The van der Waals surface area contributed by atoms with E-state index < -0.39 is 17.8 Å². The number of carbonyl (C=O) groups is 2. The SMILES string of the molecule is CC(C)N(Cc1ccccc1NC(=O)O)C(=O)OC(C)(C)C. The second kappa shape index (κ2) is 7.15. The average Bonchev–Trinajstić information content (AvgIpc) is 2.34. The van der Waals surface area contributed by atoms with Gasteiger partial charge in [-0.1, -0.05) is 18.2 Å². The molecule has 6 nitrogen and oxygen atoms in total. The van der Waals surface area contributed by atoms with Crippen LogP contribution in [0.4, 0.5) is 15.3 Å². The Morgan fingerprint density at radius 3 is 2.36 bits per heavy atom. The minimum absolute atomic E-state index is 0.0762. The van der Waals surface area contributed by atoms with Crippen LogP contribution in [-0.2, 0) is 11.3 Å². The van der Waals surface area contributed by atoms with Gasteiger partial charge >= 0.3 is 12.2 Å². The first-order valence-corrected chi connectivity index (χ1v) is 7.17. The Balaban J connectivity index is 2.97. The van der Waals surface area contributed by atoms with Gasteiger partial charge in [0.25, 0.3) is 0 Å². The number of para-hydroxylation sites is 1. The highest BCUT2D eigenvalue weighted by Crippen LogP contribution is 2.20. The van der Waals surface area contributed by atoms with Gasteiger partial charge in [-0.25, -0.2) is 9.59 Å². The fraction of sp³-hybridized carbons (Fsp3) is 0.500. The van der Waals surface area contributed by atoms with Crippen molar-refractivity contribution in [2.24, 2.45) is 0 Å². The predicted octanol–water partition coefficient (Wildman–Crippen LogP) is 3.92. The third-order valence-electron chi connectivity index (χ3n) is 2.85. The van der Waals surface area contributed by atoms with Gasteiger partial charge in [0, 0.05) is 11.7 Å². The van der Waals surface area contributed by atoms with E-state index in [4.69, 9.17) is 9.84 Å². The Morgan fingerprint density at radius 1 is 1.27 bits per heavy atom. The number of carbonyl (C=O) groups excluding carboxylic acids is 1. The van der Waals surface area contributed by atoms with E-state index >= 15 is 0 Å². The van der Waals surface area contributed by atoms with Crippen LogP contribution in [0.15, 0.2) is 24.3 Å². The molecule has 0 aromatic heterocycles. The number of hydrogen-bond donors (Lipinski definition) is 2. The summed E-state index contributed by atoms with van der Waals surface area (Å²) in [4.78, 5) is 24.7. The summed E-state index contributed by atoms with van der Waals surface area (Å²) in [6, 6.07) is 6.91. The summed E-state index contributed by atoms with van der Waals surface area (Å²) in [5, 5.41) is 11.2. The van der Waals surface area contributed by atoms with Gasteiger partial charge in [0.1, 0.15) is 5.60 Å². The largest absolute Gasteiger partial charge is 0.465 e. The van der Waals surface area contributed by atoms with Crippen LogP contribution in [0.1, 0.15) is 40.2 Å². The molecule has 0 fully saturated rings. The molecule has 1 rings (SSSR count). The molecule has 22 heavy (non-hydrogen) atoms. The van der Waals surface area contributed by atoms with E-state index in [2.05, 4.69) is 5.32 Å². The number of nitrogens with zero attached hydrogens (tertiary/aromatic N) is 1. The van der Waals surface area contributed by atoms with Crippen LogP contribution >= 0.6 is 0 Å². The van der Waals surface area contributed by atoms with Gasteiger partial charge in [-0.05, 0) is 46.2 Å². The number of carboxylic acid groups (broad SMARTS) is 1. The lowest BCUT2D eigenvalue weighted by molar-refractivity contribution is 0.0172. The third-order valence-corrected chi connectivity index (χ3v) is 2.85. The number of rotatable bonds is 4. The summed E-state index contributed by atoms with van der Waals surface area (Å²) in [5.41, 5.74) is 0.594. The van der Waals surface area contributed by atoms with Crippen LogP contribution in [0.25, 0.3) is 0 Å². The van der Waals surface area contributed by atoms with Crippen molar-refractivity contribution >= 4 is 17.9 Å². The van der Waals surface area contributed by atoms with Gasteiger partial charge in [-0.15, -0.1) is 0 Å². The molecule has 0 spiro atoms. The van der Waals surface area contributed by atoms with Crippen molar-refractivity contribution in [3.8, 4) is 0 Å². The summed E-state index contributed by atoms with van der Waals surface area (Å²) in [6.45, 7) is 9.47. The van der Waals surface area contributed by atoms with Gasteiger partial charge in [-0.3, -0.25) is 5.32 Å². The lowest BCUT2D eigenvalue weighted by Crippen LogP contribution is -2.40. The monoisotopic (exact) mass is 308 g/mol. The number of nitrogens with one attached hydrogen (secondary N) is 1. The molecule has 0 saturated heterocycles. The Hall–Kier alpha value is -2.24.